The van der Waals surface area contributed by atoms with Gasteiger partial charge in [-0.1, -0.05) is 46.3 Å². The van der Waals surface area contributed by atoms with Gasteiger partial charge in [0.15, 0.2) is 0 Å². The molecule has 2 rings (SSSR count). The fourth-order valence-electron chi connectivity index (χ4n) is 2.05. The minimum Gasteiger partial charge on any atom is -0.494 e. The van der Waals surface area contributed by atoms with E-state index in [1.807, 2.05) is 37.3 Å². The van der Waals surface area contributed by atoms with Crippen molar-refractivity contribution < 1.29 is 4.74 Å². The average Bonchev–Trinajstić information content (AvgIpc) is 2.42. The maximum Gasteiger partial charge on any atom is 0.119 e. The van der Waals surface area contributed by atoms with E-state index >= 15 is 0 Å². The van der Waals surface area contributed by atoms with Crippen LogP contribution in [0.2, 0.25) is 0 Å². The van der Waals surface area contributed by atoms with Crippen LogP contribution >= 0.6 is 15.9 Å². The van der Waals surface area contributed by atoms with E-state index < -0.39 is 0 Å². The van der Waals surface area contributed by atoms with Crippen LogP contribution in [-0.4, -0.2) is 6.61 Å². The third kappa shape index (κ3) is 3.17. The molecule has 2 aromatic rings. The summed E-state index contributed by atoms with van der Waals surface area (Å²) in [4.78, 5) is 0. The van der Waals surface area contributed by atoms with Crippen LogP contribution in [0.15, 0.2) is 46.9 Å². The highest BCUT2D eigenvalue weighted by Gasteiger charge is 2.13. The number of hydrogen-bond acceptors (Lipinski definition) is 2. The Kier molecular flexibility index (Phi) is 4.61. The van der Waals surface area contributed by atoms with Crippen LogP contribution in [0.25, 0.3) is 0 Å². The molecule has 2 nitrogen and oxygen atoms in total. The van der Waals surface area contributed by atoms with Gasteiger partial charge in [0.05, 0.1) is 12.6 Å². The molecular weight excluding hydrogens is 302 g/mol. The Labute approximate surface area is 122 Å². The molecule has 0 heterocycles. The zero-order valence-electron chi connectivity index (χ0n) is 11.2. The Hall–Kier alpha value is -1.32. The maximum absolute atomic E-state index is 6.37. The van der Waals surface area contributed by atoms with Crippen LogP contribution in [0.5, 0.6) is 5.75 Å². The molecule has 0 amide bonds. The van der Waals surface area contributed by atoms with Crippen molar-refractivity contribution >= 4 is 15.9 Å². The van der Waals surface area contributed by atoms with E-state index in [0.717, 1.165) is 21.3 Å². The molecule has 1 atom stereocenters. The average molecular weight is 320 g/mol. The molecule has 19 heavy (non-hydrogen) atoms. The third-order valence-electron chi connectivity index (χ3n) is 3.08. The topological polar surface area (TPSA) is 35.2 Å². The van der Waals surface area contributed by atoms with Crippen LogP contribution in [0, 0.1) is 6.92 Å². The van der Waals surface area contributed by atoms with E-state index in [0.29, 0.717) is 6.61 Å². The molecule has 2 N–H and O–H groups in total. The summed E-state index contributed by atoms with van der Waals surface area (Å²) in [6.45, 7) is 4.70. The highest BCUT2D eigenvalue weighted by molar-refractivity contribution is 9.10. The molecule has 100 valence electrons. The summed E-state index contributed by atoms with van der Waals surface area (Å²) in [5.74, 6) is 0.860. The number of rotatable bonds is 4. The summed E-state index contributed by atoms with van der Waals surface area (Å²) in [7, 11) is 0. The van der Waals surface area contributed by atoms with Gasteiger partial charge in [-0.05, 0) is 42.7 Å². The van der Waals surface area contributed by atoms with E-state index in [2.05, 4.69) is 35.0 Å². The zero-order chi connectivity index (χ0) is 13.8. The fourth-order valence-corrected chi connectivity index (χ4v) is 2.57. The first kappa shape index (κ1) is 14.1. The number of aryl methyl sites for hydroxylation is 1. The van der Waals surface area contributed by atoms with Gasteiger partial charge in [-0.15, -0.1) is 0 Å². The van der Waals surface area contributed by atoms with Crippen molar-refractivity contribution in [2.24, 2.45) is 5.73 Å². The third-order valence-corrected chi connectivity index (χ3v) is 4.17. The minimum atomic E-state index is -0.158. The molecule has 3 heteroatoms. The van der Waals surface area contributed by atoms with Crippen LogP contribution in [0.4, 0.5) is 0 Å². The van der Waals surface area contributed by atoms with Gasteiger partial charge in [0, 0.05) is 4.47 Å². The van der Waals surface area contributed by atoms with Crippen molar-refractivity contribution in [3.8, 4) is 5.75 Å². The first-order chi connectivity index (χ1) is 9.13. The van der Waals surface area contributed by atoms with Crippen molar-refractivity contribution in [1.29, 1.82) is 0 Å². The van der Waals surface area contributed by atoms with E-state index in [1.54, 1.807) is 0 Å². The van der Waals surface area contributed by atoms with Gasteiger partial charge in [-0.25, -0.2) is 0 Å². The van der Waals surface area contributed by atoms with E-state index in [1.165, 1.54) is 5.56 Å². The summed E-state index contributed by atoms with van der Waals surface area (Å²) < 4.78 is 6.59. The molecule has 0 fully saturated rings. The molecule has 0 aliphatic carbocycles. The number of nitrogens with two attached hydrogens (primary N) is 1. The summed E-state index contributed by atoms with van der Waals surface area (Å²) in [6, 6.07) is 13.9. The molecule has 0 aromatic heterocycles. The van der Waals surface area contributed by atoms with E-state index in [4.69, 9.17) is 10.5 Å². The lowest BCUT2D eigenvalue weighted by Crippen LogP contribution is -2.13. The normalized spacial score (nSPS) is 12.2. The zero-order valence-corrected chi connectivity index (χ0v) is 12.8. The van der Waals surface area contributed by atoms with Crippen molar-refractivity contribution in [3.63, 3.8) is 0 Å². The van der Waals surface area contributed by atoms with Gasteiger partial charge in [0.25, 0.3) is 0 Å². The smallest absolute Gasteiger partial charge is 0.119 e. The summed E-state index contributed by atoms with van der Waals surface area (Å²) >= 11 is 3.62. The van der Waals surface area contributed by atoms with Gasteiger partial charge >= 0.3 is 0 Å². The Balaban J connectivity index is 2.35. The second-order valence-electron chi connectivity index (χ2n) is 4.46. The van der Waals surface area contributed by atoms with E-state index in [9.17, 15) is 0 Å². The number of benzene rings is 2. The SMILES string of the molecule is CCOc1cccc(C(N)c2cccc(C)c2Br)c1. The quantitative estimate of drug-likeness (QED) is 0.916. The Bertz CT molecular complexity index is 568. The van der Waals surface area contributed by atoms with E-state index in [-0.39, 0.29) is 6.04 Å². The Morgan fingerprint density at radius 3 is 2.68 bits per heavy atom. The molecule has 0 saturated carbocycles. The molecule has 0 radical (unpaired) electrons. The number of ether oxygens (including phenoxy) is 1. The largest absolute Gasteiger partial charge is 0.494 e. The first-order valence-corrected chi connectivity index (χ1v) is 7.16. The number of hydrogen-bond donors (Lipinski definition) is 1. The second kappa shape index (κ2) is 6.22. The molecular formula is C16H18BrNO. The highest BCUT2D eigenvalue weighted by atomic mass is 79.9. The van der Waals surface area contributed by atoms with Crippen LogP contribution in [0.3, 0.4) is 0 Å². The summed E-state index contributed by atoms with van der Waals surface area (Å²) in [6.07, 6.45) is 0. The molecule has 0 spiro atoms. The minimum absolute atomic E-state index is 0.158. The van der Waals surface area contributed by atoms with Gasteiger partial charge in [0.1, 0.15) is 5.75 Å². The molecule has 0 bridgehead atoms. The van der Waals surface area contributed by atoms with Crippen molar-refractivity contribution in [2.75, 3.05) is 6.61 Å². The molecule has 1 unspecified atom stereocenters. The first-order valence-electron chi connectivity index (χ1n) is 6.36. The van der Waals surface area contributed by atoms with Gasteiger partial charge in [0.2, 0.25) is 0 Å². The predicted molar refractivity (Wildman–Crippen MR) is 82.5 cm³/mol. The molecule has 2 aromatic carbocycles. The summed E-state index contributed by atoms with van der Waals surface area (Å²) in [5.41, 5.74) is 9.70. The molecule has 0 aliphatic rings. The van der Waals surface area contributed by atoms with Gasteiger partial charge in [-0.3, -0.25) is 0 Å². The molecule has 0 saturated heterocycles. The van der Waals surface area contributed by atoms with Crippen LogP contribution < -0.4 is 10.5 Å². The van der Waals surface area contributed by atoms with Crippen molar-refractivity contribution in [2.45, 2.75) is 19.9 Å². The Morgan fingerprint density at radius 1 is 1.21 bits per heavy atom. The lowest BCUT2D eigenvalue weighted by molar-refractivity contribution is 0.340. The van der Waals surface area contributed by atoms with Crippen molar-refractivity contribution in [3.05, 3.63) is 63.6 Å². The standard InChI is InChI=1S/C16H18BrNO/c1-3-19-13-8-5-7-12(10-13)16(18)14-9-4-6-11(2)15(14)17/h4-10,16H,3,18H2,1-2H3. The van der Waals surface area contributed by atoms with Gasteiger partial charge in [-0.2, -0.15) is 0 Å². The Morgan fingerprint density at radius 2 is 1.95 bits per heavy atom. The van der Waals surface area contributed by atoms with Crippen LogP contribution in [0.1, 0.15) is 29.7 Å². The van der Waals surface area contributed by atoms with Crippen molar-refractivity contribution in [1.82, 2.24) is 0 Å². The lowest BCUT2D eigenvalue weighted by Gasteiger charge is -2.16. The fraction of sp³-hybridized carbons (Fsp3) is 0.250. The molecule has 0 aliphatic heterocycles. The van der Waals surface area contributed by atoms with Crippen LogP contribution in [-0.2, 0) is 0 Å². The monoisotopic (exact) mass is 319 g/mol. The maximum atomic E-state index is 6.37. The van der Waals surface area contributed by atoms with Gasteiger partial charge < -0.3 is 10.5 Å². The second-order valence-corrected chi connectivity index (χ2v) is 5.25. The lowest BCUT2D eigenvalue weighted by atomic mass is 9.98. The summed E-state index contributed by atoms with van der Waals surface area (Å²) in [5, 5.41) is 0. The predicted octanol–water partition coefficient (Wildman–Crippen LogP) is 4.20. The highest BCUT2D eigenvalue weighted by Crippen LogP contribution is 2.30. The number of halogens is 1.